The molecular weight excluding hydrogens is 248 g/mol. The van der Waals surface area contributed by atoms with Crippen molar-refractivity contribution in [2.45, 2.75) is 38.6 Å². The molecule has 0 aliphatic carbocycles. The molecule has 3 N–H and O–H groups in total. The van der Waals surface area contributed by atoms with E-state index in [0.717, 1.165) is 12.8 Å². The second kappa shape index (κ2) is 8.18. The molecule has 0 fully saturated rings. The van der Waals surface area contributed by atoms with Gasteiger partial charge >= 0.3 is 12.0 Å². The zero-order valence-electron chi connectivity index (χ0n) is 11.0. The van der Waals surface area contributed by atoms with Crippen LogP contribution in [0.4, 0.5) is 4.79 Å². The molecule has 1 aromatic rings. The minimum Gasteiger partial charge on any atom is -0.481 e. The fourth-order valence-corrected chi connectivity index (χ4v) is 1.64. The fourth-order valence-electron chi connectivity index (χ4n) is 1.64. The molecule has 0 aliphatic rings. The first-order chi connectivity index (χ1) is 9.09. The van der Waals surface area contributed by atoms with E-state index in [0.29, 0.717) is 18.7 Å². The van der Waals surface area contributed by atoms with Gasteiger partial charge in [0.2, 0.25) is 0 Å². The Kier molecular flexibility index (Phi) is 6.49. The van der Waals surface area contributed by atoms with Gasteiger partial charge in [-0.2, -0.15) is 0 Å². The molecule has 0 saturated carbocycles. The van der Waals surface area contributed by atoms with E-state index in [2.05, 4.69) is 10.6 Å². The smallest absolute Gasteiger partial charge is 0.315 e. The van der Waals surface area contributed by atoms with Crippen LogP contribution in [-0.2, 0) is 4.79 Å². The van der Waals surface area contributed by atoms with Crippen LogP contribution in [0.15, 0.2) is 22.8 Å². The number of carboxylic acids is 1. The standard InChI is InChI=1S/C13H20N2O4/c1-10(11-6-5-9-19-11)15-13(18)14-8-4-2-3-7-12(16)17/h5-6,9-10H,2-4,7-8H2,1H3,(H,16,17)(H2,14,15,18). The predicted octanol–water partition coefficient (Wildman–Crippen LogP) is 2.28. The summed E-state index contributed by atoms with van der Waals surface area (Å²) < 4.78 is 5.18. The third-order valence-corrected chi connectivity index (χ3v) is 2.67. The minimum atomic E-state index is -0.780. The molecule has 1 atom stereocenters. The number of carbonyl (C=O) groups excluding carboxylic acids is 1. The van der Waals surface area contributed by atoms with Crippen molar-refractivity contribution in [3.63, 3.8) is 0 Å². The molecule has 6 heteroatoms. The summed E-state index contributed by atoms with van der Waals surface area (Å²) in [4.78, 5) is 21.8. The van der Waals surface area contributed by atoms with Gasteiger partial charge in [0.1, 0.15) is 5.76 Å². The van der Waals surface area contributed by atoms with Crippen molar-refractivity contribution in [3.8, 4) is 0 Å². The summed E-state index contributed by atoms with van der Waals surface area (Å²) in [6, 6.07) is 3.15. The molecule has 0 bridgehead atoms. The molecule has 19 heavy (non-hydrogen) atoms. The van der Waals surface area contributed by atoms with Crippen molar-refractivity contribution < 1.29 is 19.1 Å². The van der Waals surface area contributed by atoms with E-state index >= 15 is 0 Å². The quantitative estimate of drug-likeness (QED) is 0.631. The van der Waals surface area contributed by atoms with Gasteiger partial charge in [-0.05, 0) is 31.9 Å². The topological polar surface area (TPSA) is 91.6 Å². The maximum Gasteiger partial charge on any atom is 0.315 e. The lowest BCUT2D eigenvalue weighted by atomic mass is 10.2. The lowest BCUT2D eigenvalue weighted by molar-refractivity contribution is -0.137. The molecule has 1 rings (SSSR count). The van der Waals surface area contributed by atoms with E-state index in [1.807, 2.05) is 6.92 Å². The van der Waals surface area contributed by atoms with Gasteiger partial charge in [-0.15, -0.1) is 0 Å². The van der Waals surface area contributed by atoms with Crippen molar-refractivity contribution in [1.29, 1.82) is 0 Å². The molecule has 6 nitrogen and oxygen atoms in total. The average Bonchev–Trinajstić information content (AvgIpc) is 2.87. The molecule has 0 saturated heterocycles. The Balaban J connectivity index is 2.06. The van der Waals surface area contributed by atoms with Gasteiger partial charge in [-0.25, -0.2) is 4.79 Å². The number of aliphatic carboxylic acids is 1. The average molecular weight is 268 g/mol. The molecule has 1 aromatic heterocycles. The molecule has 1 heterocycles. The Labute approximate surface area is 112 Å². The summed E-state index contributed by atoms with van der Waals surface area (Å²) in [6.45, 7) is 2.38. The zero-order chi connectivity index (χ0) is 14.1. The van der Waals surface area contributed by atoms with E-state index in [9.17, 15) is 9.59 Å². The van der Waals surface area contributed by atoms with Crippen LogP contribution < -0.4 is 10.6 Å². The third kappa shape index (κ3) is 6.49. The summed E-state index contributed by atoms with van der Waals surface area (Å²) in [7, 11) is 0. The van der Waals surface area contributed by atoms with E-state index in [1.54, 1.807) is 18.4 Å². The first-order valence-corrected chi connectivity index (χ1v) is 6.39. The lowest BCUT2D eigenvalue weighted by Crippen LogP contribution is -2.37. The predicted molar refractivity (Wildman–Crippen MR) is 69.8 cm³/mol. The van der Waals surface area contributed by atoms with Crippen molar-refractivity contribution in [2.75, 3.05) is 6.54 Å². The van der Waals surface area contributed by atoms with E-state index < -0.39 is 5.97 Å². The van der Waals surface area contributed by atoms with Gasteiger partial charge in [-0.1, -0.05) is 6.42 Å². The number of furan rings is 1. The van der Waals surface area contributed by atoms with Gasteiger partial charge in [0.15, 0.2) is 0 Å². The Bertz CT molecular complexity index is 389. The summed E-state index contributed by atoms with van der Waals surface area (Å²) in [6.07, 6.45) is 3.95. The molecule has 0 aliphatic heterocycles. The van der Waals surface area contributed by atoms with Crippen LogP contribution in [-0.4, -0.2) is 23.7 Å². The Morgan fingerprint density at radius 3 is 2.79 bits per heavy atom. The minimum absolute atomic E-state index is 0.179. The summed E-state index contributed by atoms with van der Waals surface area (Å²) >= 11 is 0. The summed E-state index contributed by atoms with van der Waals surface area (Å²) in [5.41, 5.74) is 0. The van der Waals surface area contributed by atoms with Crippen LogP contribution in [0.3, 0.4) is 0 Å². The first kappa shape index (κ1) is 15.1. The van der Waals surface area contributed by atoms with E-state index in [4.69, 9.17) is 9.52 Å². The Morgan fingerprint density at radius 2 is 2.16 bits per heavy atom. The van der Waals surface area contributed by atoms with Crippen LogP contribution in [0.5, 0.6) is 0 Å². The largest absolute Gasteiger partial charge is 0.481 e. The Hall–Kier alpha value is -1.98. The molecular formula is C13H20N2O4. The molecule has 0 radical (unpaired) electrons. The number of urea groups is 1. The van der Waals surface area contributed by atoms with Crippen LogP contribution in [0, 0.1) is 0 Å². The molecule has 0 aromatic carbocycles. The van der Waals surface area contributed by atoms with Gasteiger partial charge in [0, 0.05) is 13.0 Å². The summed E-state index contributed by atoms with van der Waals surface area (Å²) in [5.74, 6) is -0.0745. The number of carbonyl (C=O) groups is 2. The normalized spacial score (nSPS) is 11.8. The number of amides is 2. The molecule has 2 amide bonds. The first-order valence-electron chi connectivity index (χ1n) is 6.39. The lowest BCUT2D eigenvalue weighted by Gasteiger charge is -2.12. The Morgan fingerprint density at radius 1 is 1.37 bits per heavy atom. The highest BCUT2D eigenvalue weighted by molar-refractivity contribution is 5.74. The number of nitrogens with one attached hydrogen (secondary N) is 2. The number of rotatable bonds is 8. The summed E-state index contributed by atoms with van der Waals surface area (Å²) in [5, 5.41) is 13.9. The van der Waals surface area contributed by atoms with Crippen LogP contribution in [0.2, 0.25) is 0 Å². The van der Waals surface area contributed by atoms with Crippen molar-refractivity contribution in [2.24, 2.45) is 0 Å². The highest BCUT2D eigenvalue weighted by Gasteiger charge is 2.10. The van der Waals surface area contributed by atoms with Crippen molar-refractivity contribution in [3.05, 3.63) is 24.2 Å². The van der Waals surface area contributed by atoms with Crippen molar-refractivity contribution >= 4 is 12.0 Å². The fraction of sp³-hybridized carbons (Fsp3) is 0.538. The van der Waals surface area contributed by atoms with Gasteiger partial charge in [-0.3, -0.25) is 4.79 Å². The van der Waals surface area contributed by atoms with Crippen LogP contribution in [0.25, 0.3) is 0 Å². The van der Waals surface area contributed by atoms with Crippen LogP contribution in [0.1, 0.15) is 44.4 Å². The second-order valence-electron chi connectivity index (χ2n) is 4.34. The number of carboxylic acid groups (broad SMARTS) is 1. The highest BCUT2D eigenvalue weighted by Crippen LogP contribution is 2.11. The monoisotopic (exact) mass is 268 g/mol. The molecule has 0 spiro atoms. The SMILES string of the molecule is CC(NC(=O)NCCCCCC(=O)O)c1ccco1. The zero-order valence-corrected chi connectivity index (χ0v) is 11.0. The third-order valence-electron chi connectivity index (χ3n) is 2.67. The second-order valence-corrected chi connectivity index (χ2v) is 4.34. The molecule has 1 unspecified atom stereocenters. The van der Waals surface area contributed by atoms with Gasteiger partial charge < -0.3 is 20.2 Å². The maximum absolute atomic E-state index is 11.5. The van der Waals surface area contributed by atoms with Gasteiger partial charge in [0.05, 0.1) is 12.3 Å². The number of hydrogen-bond acceptors (Lipinski definition) is 3. The highest BCUT2D eigenvalue weighted by atomic mass is 16.4. The number of unbranched alkanes of at least 4 members (excludes halogenated alkanes) is 2. The van der Waals surface area contributed by atoms with Crippen LogP contribution >= 0.6 is 0 Å². The van der Waals surface area contributed by atoms with E-state index in [1.165, 1.54) is 0 Å². The van der Waals surface area contributed by atoms with Gasteiger partial charge in [0.25, 0.3) is 0 Å². The number of hydrogen-bond donors (Lipinski definition) is 3. The van der Waals surface area contributed by atoms with Crippen molar-refractivity contribution in [1.82, 2.24) is 10.6 Å². The maximum atomic E-state index is 11.5. The van der Waals surface area contributed by atoms with E-state index in [-0.39, 0.29) is 18.5 Å². The molecule has 106 valence electrons.